The highest BCUT2D eigenvalue weighted by Crippen LogP contribution is 2.39. The Hall–Kier alpha value is -1.20. The molecule has 0 amide bonds. The van der Waals surface area contributed by atoms with Crippen molar-refractivity contribution in [2.24, 2.45) is 0 Å². The van der Waals surface area contributed by atoms with E-state index in [2.05, 4.69) is 21.8 Å². The average Bonchev–Trinajstić information content (AvgIpc) is 2.81. The zero-order chi connectivity index (χ0) is 14.1. The van der Waals surface area contributed by atoms with Gasteiger partial charge in [0.15, 0.2) is 0 Å². The van der Waals surface area contributed by atoms with Crippen molar-refractivity contribution in [3.63, 3.8) is 0 Å². The first-order valence-corrected chi connectivity index (χ1v) is 8.21. The van der Waals surface area contributed by atoms with Crippen LogP contribution in [0.4, 0.5) is 5.82 Å². The molecule has 2 aromatic heterocycles. The molecule has 0 aliphatic heterocycles. The minimum atomic E-state index is 0.157. The van der Waals surface area contributed by atoms with Gasteiger partial charge in [0.2, 0.25) is 0 Å². The minimum absolute atomic E-state index is 0.157. The molecule has 2 aromatic rings. The van der Waals surface area contributed by atoms with Crippen molar-refractivity contribution in [2.45, 2.75) is 39.5 Å². The molecule has 20 heavy (non-hydrogen) atoms. The topological polar surface area (TPSA) is 49.2 Å². The number of aliphatic hydroxyl groups excluding tert-OH is 1. The molecule has 2 heterocycles. The van der Waals surface area contributed by atoms with Crippen molar-refractivity contribution < 1.29 is 5.11 Å². The Morgan fingerprint density at radius 1 is 1.25 bits per heavy atom. The van der Waals surface area contributed by atoms with E-state index in [4.69, 9.17) is 0 Å². The molecule has 0 radical (unpaired) electrons. The Morgan fingerprint density at radius 2 is 2.05 bits per heavy atom. The fourth-order valence-corrected chi connectivity index (χ4v) is 4.31. The molecule has 108 valence electrons. The van der Waals surface area contributed by atoms with Gasteiger partial charge in [-0.15, -0.1) is 11.3 Å². The average molecular weight is 291 g/mol. The first-order chi connectivity index (χ1) is 9.74. The summed E-state index contributed by atoms with van der Waals surface area (Å²) in [7, 11) is 0. The third kappa shape index (κ3) is 2.29. The Labute approximate surface area is 123 Å². The molecule has 0 saturated heterocycles. The zero-order valence-corrected chi connectivity index (χ0v) is 13.0. The number of hydrogen-bond donors (Lipinski definition) is 1. The molecule has 0 spiro atoms. The second kappa shape index (κ2) is 5.66. The maximum absolute atomic E-state index is 9.28. The Kier molecular flexibility index (Phi) is 3.89. The second-order valence-electron chi connectivity index (χ2n) is 5.29. The number of aromatic nitrogens is 2. The molecule has 0 saturated carbocycles. The summed E-state index contributed by atoms with van der Waals surface area (Å²) in [6.07, 6.45) is 4.88. The van der Waals surface area contributed by atoms with Crippen molar-refractivity contribution in [3.05, 3.63) is 16.3 Å². The molecule has 1 aliphatic rings. The highest BCUT2D eigenvalue weighted by atomic mass is 32.1. The van der Waals surface area contributed by atoms with Crippen molar-refractivity contribution >= 4 is 27.4 Å². The van der Waals surface area contributed by atoms with Crippen molar-refractivity contribution in [3.8, 4) is 0 Å². The SMILES string of the molecule is CCN(CCO)c1nc(C)nc2sc3c(c12)CCCC3. The van der Waals surface area contributed by atoms with Gasteiger partial charge in [0.05, 0.1) is 12.0 Å². The van der Waals surface area contributed by atoms with E-state index in [9.17, 15) is 5.11 Å². The fraction of sp³-hybridized carbons (Fsp3) is 0.600. The summed E-state index contributed by atoms with van der Waals surface area (Å²) >= 11 is 1.83. The highest BCUT2D eigenvalue weighted by Gasteiger charge is 2.22. The Morgan fingerprint density at radius 3 is 2.80 bits per heavy atom. The van der Waals surface area contributed by atoms with Crippen molar-refractivity contribution in [2.75, 3.05) is 24.6 Å². The monoisotopic (exact) mass is 291 g/mol. The van der Waals surface area contributed by atoms with Gasteiger partial charge >= 0.3 is 0 Å². The molecule has 0 atom stereocenters. The van der Waals surface area contributed by atoms with E-state index in [0.29, 0.717) is 6.54 Å². The van der Waals surface area contributed by atoms with Gasteiger partial charge in [-0.2, -0.15) is 0 Å². The number of nitrogens with zero attached hydrogens (tertiary/aromatic N) is 3. The maximum Gasteiger partial charge on any atom is 0.141 e. The van der Waals surface area contributed by atoms with Crippen LogP contribution in [0.5, 0.6) is 0 Å². The van der Waals surface area contributed by atoms with Crippen LogP contribution in [0.1, 0.15) is 36.0 Å². The van der Waals surface area contributed by atoms with Crippen LogP contribution in [0, 0.1) is 6.92 Å². The number of aliphatic hydroxyl groups is 1. The van der Waals surface area contributed by atoms with Gasteiger partial charge in [-0.1, -0.05) is 0 Å². The van der Waals surface area contributed by atoms with Crippen LogP contribution in [0.25, 0.3) is 10.2 Å². The lowest BCUT2D eigenvalue weighted by molar-refractivity contribution is 0.302. The summed E-state index contributed by atoms with van der Waals surface area (Å²) < 4.78 is 0. The van der Waals surface area contributed by atoms with E-state index in [1.165, 1.54) is 35.1 Å². The third-order valence-electron chi connectivity index (χ3n) is 3.96. The summed E-state index contributed by atoms with van der Waals surface area (Å²) in [4.78, 5) is 14.1. The van der Waals surface area contributed by atoms with Gasteiger partial charge < -0.3 is 10.0 Å². The smallest absolute Gasteiger partial charge is 0.141 e. The summed E-state index contributed by atoms with van der Waals surface area (Å²) in [5.41, 5.74) is 1.46. The number of rotatable bonds is 4. The van der Waals surface area contributed by atoms with Gasteiger partial charge in [-0.25, -0.2) is 9.97 Å². The van der Waals surface area contributed by atoms with Crippen LogP contribution in [-0.4, -0.2) is 34.8 Å². The standard InChI is InChI=1S/C15H21N3OS/c1-3-18(8-9-19)14-13-11-6-4-5-7-12(11)20-15(13)17-10(2)16-14/h19H,3-9H2,1-2H3. The molecule has 0 aromatic carbocycles. The number of fused-ring (bicyclic) bond motifs is 3. The largest absolute Gasteiger partial charge is 0.395 e. The number of anilines is 1. The van der Waals surface area contributed by atoms with Gasteiger partial charge in [0, 0.05) is 18.0 Å². The number of hydrogen-bond acceptors (Lipinski definition) is 5. The maximum atomic E-state index is 9.28. The molecular weight excluding hydrogens is 270 g/mol. The highest BCUT2D eigenvalue weighted by molar-refractivity contribution is 7.19. The lowest BCUT2D eigenvalue weighted by Gasteiger charge is -2.23. The minimum Gasteiger partial charge on any atom is -0.395 e. The van der Waals surface area contributed by atoms with Crippen LogP contribution in [0.3, 0.4) is 0 Å². The lowest BCUT2D eigenvalue weighted by Crippen LogP contribution is -2.27. The quantitative estimate of drug-likeness (QED) is 0.941. The van der Waals surface area contributed by atoms with Crippen LogP contribution >= 0.6 is 11.3 Å². The van der Waals surface area contributed by atoms with E-state index in [1.807, 2.05) is 18.3 Å². The number of aryl methyl sites for hydroxylation is 3. The van der Waals surface area contributed by atoms with Gasteiger partial charge in [0.1, 0.15) is 16.5 Å². The van der Waals surface area contributed by atoms with E-state index < -0.39 is 0 Å². The molecule has 0 bridgehead atoms. The van der Waals surface area contributed by atoms with Crippen LogP contribution in [0.15, 0.2) is 0 Å². The van der Waals surface area contributed by atoms with E-state index >= 15 is 0 Å². The Bertz CT molecular complexity index is 623. The first-order valence-electron chi connectivity index (χ1n) is 7.39. The summed E-state index contributed by atoms with van der Waals surface area (Å²) in [5, 5.41) is 10.5. The number of thiophene rings is 1. The first kappa shape index (κ1) is 13.8. The van der Waals surface area contributed by atoms with E-state index in [1.54, 1.807) is 0 Å². The van der Waals surface area contributed by atoms with E-state index in [0.717, 1.165) is 29.4 Å². The van der Waals surface area contributed by atoms with Gasteiger partial charge in [-0.05, 0) is 45.1 Å². The third-order valence-corrected chi connectivity index (χ3v) is 5.14. The van der Waals surface area contributed by atoms with Crippen LogP contribution in [0.2, 0.25) is 0 Å². The van der Waals surface area contributed by atoms with Crippen molar-refractivity contribution in [1.82, 2.24) is 9.97 Å². The molecule has 1 aliphatic carbocycles. The summed E-state index contributed by atoms with van der Waals surface area (Å²) in [5.74, 6) is 1.84. The van der Waals surface area contributed by atoms with Crippen molar-refractivity contribution in [1.29, 1.82) is 0 Å². The van der Waals surface area contributed by atoms with E-state index in [-0.39, 0.29) is 6.61 Å². The molecule has 0 unspecified atom stereocenters. The van der Waals surface area contributed by atoms with Crippen LogP contribution in [-0.2, 0) is 12.8 Å². The fourth-order valence-electron chi connectivity index (χ4n) is 3.01. The lowest BCUT2D eigenvalue weighted by atomic mass is 9.97. The predicted molar refractivity (Wildman–Crippen MR) is 83.8 cm³/mol. The van der Waals surface area contributed by atoms with Crippen LogP contribution < -0.4 is 4.90 Å². The zero-order valence-electron chi connectivity index (χ0n) is 12.1. The summed E-state index contributed by atoms with van der Waals surface area (Å²) in [6.45, 7) is 5.71. The van der Waals surface area contributed by atoms with Gasteiger partial charge in [0.25, 0.3) is 0 Å². The predicted octanol–water partition coefficient (Wildman–Crippen LogP) is 2.70. The van der Waals surface area contributed by atoms with Gasteiger partial charge in [-0.3, -0.25) is 0 Å². The molecular formula is C15H21N3OS. The molecule has 4 nitrogen and oxygen atoms in total. The molecule has 1 N–H and O–H groups in total. The Balaban J connectivity index is 2.21. The summed E-state index contributed by atoms with van der Waals surface area (Å²) in [6, 6.07) is 0. The normalized spacial score (nSPS) is 14.6. The molecule has 0 fully saturated rings. The second-order valence-corrected chi connectivity index (χ2v) is 6.37. The molecule has 5 heteroatoms. The molecule has 3 rings (SSSR count). The number of likely N-dealkylation sites (N-methyl/N-ethyl adjacent to an activating group) is 1.